The standard InChI is InChI=1S/C14H20O2/c1-4-15-10-5-11-16-14-8-6-13(7-9-14)12(2)3/h6-9H,2,4-5,10-11H2,1,3H3. The lowest BCUT2D eigenvalue weighted by Crippen LogP contribution is -2.02. The molecule has 0 atom stereocenters. The van der Waals surface area contributed by atoms with Crippen LogP contribution in [0.25, 0.3) is 5.57 Å². The van der Waals surface area contributed by atoms with Gasteiger partial charge in [-0.2, -0.15) is 0 Å². The summed E-state index contributed by atoms with van der Waals surface area (Å²) in [7, 11) is 0. The maximum atomic E-state index is 5.58. The molecule has 0 aliphatic rings. The molecule has 0 aliphatic carbocycles. The van der Waals surface area contributed by atoms with E-state index >= 15 is 0 Å². The van der Waals surface area contributed by atoms with E-state index in [1.165, 1.54) is 0 Å². The molecule has 1 aromatic rings. The molecule has 2 heteroatoms. The monoisotopic (exact) mass is 220 g/mol. The molecule has 0 aliphatic heterocycles. The molecule has 0 saturated carbocycles. The molecule has 2 nitrogen and oxygen atoms in total. The van der Waals surface area contributed by atoms with Crippen molar-refractivity contribution in [1.82, 2.24) is 0 Å². The van der Waals surface area contributed by atoms with Gasteiger partial charge < -0.3 is 9.47 Å². The molecule has 0 heterocycles. The Bertz CT molecular complexity index is 314. The molecule has 0 N–H and O–H groups in total. The average Bonchev–Trinajstić information content (AvgIpc) is 2.29. The molecule has 0 unspecified atom stereocenters. The van der Waals surface area contributed by atoms with E-state index in [9.17, 15) is 0 Å². The van der Waals surface area contributed by atoms with Gasteiger partial charge >= 0.3 is 0 Å². The Labute approximate surface area is 97.9 Å². The number of hydrogen-bond acceptors (Lipinski definition) is 2. The van der Waals surface area contributed by atoms with Crippen LogP contribution in [0, 0.1) is 0 Å². The van der Waals surface area contributed by atoms with Gasteiger partial charge in [0.05, 0.1) is 6.61 Å². The molecule has 1 rings (SSSR count). The zero-order valence-corrected chi connectivity index (χ0v) is 10.2. The minimum atomic E-state index is 0.701. The van der Waals surface area contributed by atoms with E-state index in [1.807, 2.05) is 38.1 Å². The second-order valence-electron chi connectivity index (χ2n) is 3.70. The van der Waals surface area contributed by atoms with Crippen LogP contribution in [-0.4, -0.2) is 19.8 Å². The zero-order valence-electron chi connectivity index (χ0n) is 10.2. The van der Waals surface area contributed by atoms with E-state index in [4.69, 9.17) is 9.47 Å². The van der Waals surface area contributed by atoms with Gasteiger partial charge in [-0.3, -0.25) is 0 Å². The van der Waals surface area contributed by atoms with Gasteiger partial charge in [0.1, 0.15) is 5.75 Å². The highest BCUT2D eigenvalue weighted by Crippen LogP contribution is 2.16. The first kappa shape index (κ1) is 12.8. The SMILES string of the molecule is C=C(C)c1ccc(OCCCOCC)cc1. The summed E-state index contributed by atoms with van der Waals surface area (Å²) >= 11 is 0. The zero-order chi connectivity index (χ0) is 11.8. The summed E-state index contributed by atoms with van der Waals surface area (Å²) in [5.41, 5.74) is 2.23. The van der Waals surface area contributed by atoms with Crippen molar-refractivity contribution in [2.75, 3.05) is 19.8 Å². The van der Waals surface area contributed by atoms with Gasteiger partial charge in [0.25, 0.3) is 0 Å². The van der Waals surface area contributed by atoms with Crippen LogP contribution in [-0.2, 0) is 4.74 Å². The van der Waals surface area contributed by atoms with Gasteiger partial charge in [0.15, 0.2) is 0 Å². The summed E-state index contributed by atoms with van der Waals surface area (Å²) in [6, 6.07) is 8.01. The third-order valence-corrected chi connectivity index (χ3v) is 2.25. The molecule has 0 saturated heterocycles. The maximum absolute atomic E-state index is 5.58. The summed E-state index contributed by atoms with van der Waals surface area (Å²) in [5, 5.41) is 0. The van der Waals surface area contributed by atoms with E-state index in [1.54, 1.807) is 0 Å². The molecule has 0 spiro atoms. The number of allylic oxidation sites excluding steroid dienone is 1. The summed E-state index contributed by atoms with van der Waals surface area (Å²) in [6.45, 7) is 10.1. The smallest absolute Gasteiger partial charge is 0.119 e. The van der Waals surface area contributed by atoms with E-state index in [0.717, 1.165) is 36.5 Å². The van der Waals surface area contributed by atoms with Crippen molar-refractivity contribution >= 4 is 5.57 Å². The lowest BCUT2D eigenvalue weighted by molar-refractivity contribution is 0.131. The van der Waals surface area contributed by atoms with Gasteiger partial charge in [-0.15, -0.1) is 0 Å². The van der Waals surface area contributed by atoms with Crippen LogP contribution in [0.2, 0.25) is 0 Å². The fraction of sp³-hybridized carbons (Fsp3) is 0.429. The molecule has 0 fully saturated rings. The lowest BCUT2D eigenvalue weighted by atomic mass is 10.1. The second-order valence-corrected chi connectivity index (χ2v) is 3.70. The first-order valence-corrected chi connectivity index (χ1v) is 5.70. The van der Waals surface area contributed by atoms with Gasteiger partial charge in [0.2, 0.25) is 0 Å². The fourth-order valence-electron chi connectivity index (χ4n) is 1.33. The van der Waals surface area contributed by atoms with Crippen molar-refractivity contribution in [2.45, 2.75) is 20.3 Å². The first-order chi connectivity index (χ1) is 7.74. The van der Waals surface area contributed by atoms with Gasteiger partial charge in [-0.05, 0) is 31.5 Å². The predicted octanol–water partition coefficient (Wildman–Crippen LogP) is 3.53. The van der Waals surface area contributed by atoms with Crippen LogP contribution in [0.5, 0.6) is 5.75 Å². The number of ether oxygens (including phenoxy) is 2. The first-order valence-electron chi connectivity index (χ1n) is 5.70. The number of benzene rings is 1. The molecule has 16 heavy (non-hydrogen) atoms. The molecule has 88 valence electrons. The highest BCUT2D eigenvalue weighted by Gasteiger charge is 1.96. The highest BCUT2D eigenvalue weighted by atomic mass is 16.5. The Morgan fingerprint density at radius 1 is 1.19 bits per heavy atom. The summed E-state index contributed by atoms with van der Waals surface area (Å²) in [5.74, 6) is 0.904. The average molecular weight is 220 g/mol. The van der Waals surface area contributed by atoms with E-state index in [2.05, 4.69) is 6.58 Å². The number of rotatable bonds is 7. The van der Waals surface area contributed by atoms with Crippen molar-refractivity contribution in [3.63, 3.8) is 0 Å². The molecule has 0 radical (unpaired) electrons. The largest absolute Gasteiger partial charge is 0.494 e. The second kappa shape index (κ2) is 7.07. The molecule has 0 aromatic heterocycles. The Morgan fingerprint density at radius 2 is 1.88 bits per heavy atom. The van der Waals surface area contributed by atoms with E-state index in [-0.39, 0.29) is 0 Å². The Morgan fingerprint density at radius 3 is 2.44 bits per heavy atom. The van der Waals surface area contributed by atoms with Gasteiger partial charge in [0, 0.05) is 19.6 Å². The molecule has 0 amide bonds. The van der Waals surface area contributed by atoms with Crippen LogP contribution in [0.1, 0.15) is 25.8 Å². The third-order valence-electron chi connectivity index (χ3n) is 2.25. The van der Waals surface area contributed by atoms with Crippen molar-refractivity contribution in [3.8, 4) is 5.75 Å². The fourth-order valence-corrected chi connectivity index (χ4v) is 1.33. The van der Waals surface area contributed by atoms with Crippen LogP contribution in [0.15, 0.2) is 30.8 Å². The Balaban J connectivity index is 2.29. The summed E-state index contributed by atoms with van der Waals surface area (Å²) in [6.07, 6.45) is 0.927. The normalized spacial score (nSPS) is 10.1. The van der Waals surface area contributed by atoms with E-state index in [0.29, 0.717) is 6.61 Å². The molecular formula is C14H20O2. The van der Waals surface area contributed by atoms with Gasteiger partial charge in [-0.1, -0.05) is 24.3 Å². The summed E-state index contributed by atoms with van der Waals surface area (Å²) in [4.78, 5) is 0. The summed E-state index contributed by atoms with van der Waals surface area (Å²) < 4.78 is 10.8. The Kier molecular flexibility index (Phi) is 5.65. The predicted molar refractivity (Wildman–Crippen MR) is 67.8 cm³/mol. The van der Waals surface area contributed by atoms with Crippen molar-refractivity contribution < 1.29 is 9.47 Å². The topological polar surface area (TPSA) is 18.5 Å². The quantitative estimate of drug-likeness (QED) is 0.654. The van der Waals surface area contributed by atoms with E-state index < -0.39 is 0 Å². The van der Waals surface area contributed by atoms with Crippen LogP contribution >= 0.6 is 0 Å². The number of hydrogen-bond donors (Lipinski definition) is 0. The lowest BCUT2D eigenvalue weighted by Gasteiger charge is -2.07. The van der Waals surface area contributed by atoms with Crippen LogP contribution < -0.4 is 4.74 Å². The molecule has 0 bridgehead atoms. The van der Waals surface area contributed by atoms with Crippen molar-refractivity contribution in [3.05, 3.63) is 36.4 Å². The van der Waals surface area contributed by atoms with Crippen LogP contribution in [0.3, 0.4) is 0 Å². The van der Waals surface area contributed by atoms with Crippen molar-refractivity contribution in [2.24, 2.45) is 0 Å². The van der Waals surface area contributed by atoms with Crippen molar-refractivity contribution in [1.29, 1.82) is 0 Å². The minimum Gasteiger partial charge on any atom is -0.494 e. The molecule has 1 aromatic carbocycles. The minimum absolute atomic E-state index is 0.701. The van der Waals surface area contributed by atoms with Gasteiger partial charge in [-0.25, -0.2) is 0 Å². The highest BCUT2D eigenvalue weighted by molar-refractivity contribution is 5.61. The van der Waals surface area contributed by atoms with Crippen LogP contribution in [0.4, 0.5) is 0 Å². The third kappa shape index (κ3) is 4.49. The Hall–Kier alpha value is -1.28. The maximum Gasteiger partial charge on any atom is 0.119 e. The molecular weight excluding hydrogens is 200 g/mol.